The third-order valence-corrected chi connectivity index (χ3v) is 6.84. The van der Waals surface area contributed by atoms with E-state index in [9.17, 15) is 9.59 Å². The van der Waals surface area contributed by atoms with Gasteiger partial charge in [0.25, 0.3) is 0 Å². The van der Waals surface area contributed by atoms with E-state index < -0.39 is 5.97 Å². The fourth-order valence-electron chi connectivity index (χ4n) is 3.86. The number of hydrogen-bond donors (Lipinski definition) is 2. The molecule has 4 aromatic carbocycles. The lowest BCUT2D eigenvalue weighted by Gasteiger charge is -2.30. The molecule has 0 saturated carbocycles. The van der Waals surface area contributed by atoms with Gasteiger partial charge in [-0.25, -0.2) is 4.79 Å². The second kappa shape index (κ2) is 12.1. The predicted molar refractivity (Wildman–Crippen MR) is 144 cm³/mol. The summed E-state index contributed by atoms with van der Waals surface area (Å²) in [6.45, 7) is 2.54. The van der Waals surface area contributed by atoms with Crippen molar-refractivity contribution < 1.29 is 14.7 Å². The highest BCUT2D eigenvalue weighted by Gasteiger charge is 2.22. The summed E-state index contributed by atoms with van der Waals surface area (Å²) in [4.78, 5) is 28.1. The van der Waals surface area contributed by atoms with Gasteiger partial charge in [0, 0.05) is 22.0 Å². The van der Waals surface area contributed by atoms with Crippen LogP contribution in [0.4, 0.5) is 10.5 Å². The van der Waals surface area contributed by atoms with E-state index in [2.05, 4.69) is 5.32 Å². The first-order valence-corrected chi connectivity index (χ1v) is 12.5. The molecule has 4 aromatic rings. The first-order valence-electron chi connectivity index (χ1n) is 11.7. The van der Waals surface area contributed by atoms with Crippen LogP contribution < -0.4 is 5.32 Å². The normalized spacial score (nSPS) is 11.5. The molecular formula is C30H28N2O3S. The van der Waals surface area contributed by atoms with Crippen LogP contribution in [0.2, 0.25) is 0 Å². The molecule has 0 bridgehead atoms. The number of rotatable bonds is 9. The van der Waals surface area contributed by atoms with Gasteiger partial charge >= 0.3 is 12.0 Å². The Bertz CT molecular complexity index is 1280. The lowest BCUT2D eigenvalue weighted by atomic mass is 10.1. The van der Waals surface area contributed by atoms with Crippen molar-refractivity contribution in [3.63, 3.8) is 0 Å². The number of carboxylic acids is 1. The van der Waals surface area contributed by atoms with Gasteiger partial charge in [-0.3, -0.25) is 4.79 Å². The number of hydrogen-bond acceptors (Lipinski definition) is 3. The van der Waals surface area contributed by atoms with E-state index in [0.717, 1.165) is 32.2 Å². The number of carboxylic acid groups (broad SMARTS) is 1. The summed E-state index contributed by atoms with van der Waals surface area (Å²) in [5, 5.41) is 12.0. The van der Waals surface area contributed by atoms with Crippen molar-refractivity contribution in [3.8, 4) is 0 Å². The summed E-state index contributed by atoms with van der Waals surface area (Å²) >= 11 is 1.58. The second-order valence-electron chi connectivity index (χ2n) is 8.47. The standard InChI is InChI=1S/C30H28N2O3S/c1-22(25-10-6-3-7-11-25)32(21-24-8-4-2-5-9-24)30(35)31-26-14-18-28(19-15-26)36-27-16-12-23(13-17-27)20-29(33)34/h2-19,22H,20-21H2,1H3,(H,31,35)(H,33,34). The number of benzene rings is 4. The van der Waals surface area contributed by atoms with Crippen LogP contribution >= 0.6 is 11.8 Å². The molecule has 182 valence electrons. The molecule has 0 saturated heterocycles. The molecular weight excluding hydrogens is 468 g/mol. The minimum Gasteiger partial charge on any atom is -0.481 e. The molecule has 0 aromatic heterocycles. The number of carbonyl (C=O) groups is 2. The summed E-state index contributed by atoms with van der Waals surface area (Å²) < 4.78 is 0. The lowest BCUT2D eigenvalue weighted by Crippen LogP contribution is -2.36. The predicted octanol–water partition coefficient (Wildman–Crippen LogP) is 7.26. The largest absolute Gasteiger partial charge is 0.481 e. The zero-order valence-corrected chi connectivity index (χ0v) is 20.8. The molecule has 1 atom stereocenters. The van der Waals surface area contributed by atoms with E-state index in [0.29, 0.717) is 6.54 Å². The number of urea groups is 1. The highest BCUT2D eigenvalue weighted by molar-refractivity contribution is 7.99. The van der Waals surface area contributed by atoms with Crippen molar-refractivity contribution in [2.24, 2.45) is 0 Å². The molecule has 1 unspecified atom stereocenters. The van der Waals surface area contributed by atoms with Crippen LogP contribution in [0.3, 0.4) is 0 Å². The first-order chi connectivity index (χ1) is 17.5. The highest BCUT2D eigenvalue weighted by Crippen LogP contribution is 2.29. The molecule has 0 spiro atoms. The van der Waals surface area contributed by atoms with Crippen molar-refractivity contribution in [1.29, 1.82) is 0 Å². The number of anilines is 1. The molecule has 0 heterocycles. The molecule has 2 amide bonds. The fourth-order valence-corrected chi connectivity index (χ4v) is 4.68. The number of nitrogens with zero attached hydrogens (tertiary/aromatic N) is 1. The van der Waals surface area contributed by atoms with Crippen molar-refractivity contribution in [3.05, 3.63) is 126 Å². The van der Waals surface area contributed by atoms with Crippen LogP contribution in [0.25, 0.3) is 0 Å². The Morgan fingerprint density at radius 3 is 1.92 bits per heavy atom. The topological polar surface area (TPSA) is 69.6 Å². The summed E-state index contributed by atoms with van der Waals surface area (Å²) in [6.07, 6.45) is 0.0174. The van der Waals surface area contributed by atoms with Crippen molar-refractivity contribution in [2.75, 3.05) is 5.32 Å². The Morgan fingerprint density at radius 1 is 0.778 bits per heavy atom. The maximum absolute atomic E-state index is 13.4. The van der Waals surface area contributed by atoms with E-state index in [-0.39, 0.29) is 18.5 Å². The third-order valence-electron chi connectivity index (χ3n) is 5.83. The van der Waals surface area contributed by atoms with E-state index in [1.165, 1.54) is 0 Å². The summed E-state index contributed by atoms with van der Waals surface area (Å²) in [7, 11) is 0. The van der Waals surface area contributed by atoms with Crippen molar-refractivity contribution in [1.82, 2.24) is 4.90 Å². The fraction of sp³-hybridized carbons (Fsp3) is 0.133. The molecule has 2 N–H and O–H groups in total. The summed E-state index contributed by atoms with van der Waals surface area (Å²) in [6, 6.07) is 35.0. The van der Waals surface area contributed by atoms with E-state index in [1.807, 2.05) is 121 Å². The minimum absolute atomic E-state index is 0.0174. The molecule has 0 radical (unpaired) electrons. The van der Waals surface area contributed by atoms with Crippen molar-refractivity contribution >= 4 is 29.4 Å². The molecule has 36 heavy (non-hydrogen) atoms. The number of nitrogens with one attached hydrogen (secondary N) is 1. The molecule has 0 aliphatic heterocycles. The Morgan fingerprint density at radius 2 is 1.33 bits per heavy atom. The van der Waals surface area contributed by atoms with Crippen LogP contribution in [-0.2, 0) is 17.8 Å². The number of carbonyl (C=O) groups excluding carboxylic acids is 1. The first kappa shape index (κ1) is 25.1. The highest BCUT2D eigenvalue weighted by atomic mass is 32.2. The van der Waals surface area contributed by atoms with Gasteiger partial charge in [0.2, 0.25) is 0 Å². The van der Waals surface area contributed by atoms with E-state index in [4.69, 9.17) is 5.11 Å². The maximum atomic E-state index is 13.4. The van der Waals surface area contributed by atoms with Crippen molar-refractivity contribution in [2.45, 2.75) is 35.7 Å². The molecule has 5 nitrogen and oxygen atoms in total. The maximum Gasteiger partial charge on any atom is 0.322 e. The van der Waals surface area contributed by atoms with Gasteiger partial charge in [0.05, 0.1) is 12.5 Å². The smallest absolute Gasteiger partial charge is 0.322 e. The quantitative estimate of drug-likeness (QED) is 0.256. The minimum atomic E-state index is -0.839. The molecule has 0 fully saturated rings. The third kappa shape index (κ3) is 6.99. The average Bonchev–Trinajstić information content (AvgIpc) is 2.90. The molecule has 0 aliphatic rings. The Hall–Kier alpha value is -4.03. The average molecular weight is 497 g/mol. The van der Waals surface area contributed by atoms with Gasteiger partial charge in [0.1, 0.15) is 0 Å². The van der Waals surface area contributed by atoms with Crippen LogP contribution in [0.5, 0.6) is 0 Å². The number of aliphatic carboxylic acids is 1. The molecule has 6 heteroatoms. The molecule has 4 rings (SSSR count). The lowest BCUT2D eigenvalue weighted by molar-refractivity contribution is -0.136. The van der Waals surface area contributed by atoms with Gasteiger partial charge in [0.15, 0.2) is 0 Å². The van der Waals surface area contributed by atoms with Gasteiger partial charge in [-0.15, -0.1) is 0 Å². The monoisotopic (exact) mass is 496 g/mol. The summed E-state index contributed by atoms with van der Waals surface area (Å²) in [5.41, 5.74) is 3.63. The SMILES string of the molecule is CC(c1ccccc1)N(Cc1ccccc1)C(=O)Nc1ccc(Sc2ccc(CC(=O)O)cc2)cc1. The van der Waals surface area contributed by atoms with Gasteiger partial charge in [-0.2, -0.15) is 0 Å². The Labute approximate surface area is 215 Å². The second-order valence-corrected chi connectivity index (χ2v) is 9.62. The van der Waals surface area contributed by atoms with Crippen LogP contribution in [-0.4, -0.2) is 22.0 Å². The van der Waals surface area contributed by atoms with Gasteiger partial charge in [-0.05, 0) is 60.0 Å². The van der Waals surface area contributed by atoms with Crippen LogP contribution in [0.15, 0.2) is 119 Å². The number of amides is 2. The zero-order chi connectivity index (χ0) is 25.3. The van der Waals surface area contributed by atoms with Crippen LogP contribution in [0, 0.1) is 0 Å². The zero-order valence-electron chi connectivity index (χ0n) is 20.0. The van der Waals surface area contributed by atoms with E-state index >= 15 is 0 Å². The Balaban J connectivity index is 1.44. The van der Waals surface area contributed by atoms with Gasteiger partial charge < -0.3 is 15.3 Å². The molecule has 0 aliphatic carbocycles. The van der Waals surface area contributed by atoms with Crippen LogP contribution in [0.1, 0.15) is 29.7 Å². The van der Waals surface area contributed by atoms with Gasteiger partial charge in [-0.1, -0.05) is 84.6 Å². The summed E-state index contributed by atoms with van der Waals surface area (Å²) in [5.74, 6) is -0.839. The van der Waals surface area contributed by atoms with E-state index in [1.54, 1.807) is 11.8 Å². The Kier molecular flexibility index (Phi) is 8.42.